The predicted octanol–water partition coefficient (Wildman–Crippen LogP) is 7.82. The van der Waals surface area contributed by atoms with Crippen LogP contribution in [0.15, 0.2) is 115 Å². The van der Waals surface area contributed by atoms with Crippen molar-refractivity contribution >= 4 is 43.5 Å². The van der Waals surface area contributed by atoms with E-state index in [9.17, 15) is 0 Å². The minimum absolute atomic E-state index is 0.879. The fraction of sp³-hybridized carbons (Fsp3) is 0. The zero-order valence-electron chi connectivity index (χ0n) is 18.3. The summed E-state index contributed by atoms with van der Waals surface area (Å²) in [5, 5.41) is 5.44. The molecule has 0 saturated heterocycles. The molecule has 0 N–H and O–H groups in total. The highest BCUT2D eigenvalue weighted by Crippen LogP contribution is 2.36. The van der Waals surface area contributed by atoms with Crippen molar-refractivity contribution in [3.63, 3.8) is 0 Å². The lowest BCUT2D eigenvalue weighted by Gasteiger charge is -2.12. The third-order valence-electron chi connectivity index (χ3n) is 6.48. The molecule has 0 unspecified atom stereocenters. The molecule has 0 fully saturated rings. The van der Waals surface area contributed by atoms with Crippen molar-refractivity contribution in [1.29, 1.82) is 0 Å². The second-order valence-electron chi connectivity index (χ2n) is 8.49. The molecular weight excluding hydrogens is 414 g/mol. The van der Waals surface area contributed by atoms with E-state index >= 15 is 0 Å². The summed E-state index contributed by atoms with van der Waals surface area (Å²) in [5.74, 6) is 0. The Balaban J connectivity index is 1.58. The lowest BCUT2D eigenvalue weighted by Crippen LogP contribution is -1.94. The number of fused-ring (bicyclic) bond motifs is 7. The van der Waals surface area contributed by atoms with E-state index in [-0.39, 0.29) is 0 Å². The Morgan fingerprint density at radius 1 is 0.412 bits per heavy atom. The van der Waals surface area contributed by atoms with Gasteiger partial charge in [0.2, 0.25) is 0 Å². The Kier molecular flexibility index (Phi) is 4.15. The number of aromatic nitrogens is 3. The molecule has 34 heavy (non-hydrogen) atoms. The first kappa shape index (κ1) is 18.9. The van der Waals surface area contributed by atoms with Gasteiger partial charge in [-0.1, -0.05) is 97.1 Å². The Bertz CT molecular complexity index is 1840. The quantitative estimate of drug-likeness (QED) is 0.261. The zero-order chi connectivity index (χ0) is 22.5. The van der Waals surface area contributed by atoms with Gasteiger partial charge in [-0.15, -0.1) is 0 Å². The first-order valence-electron chi connectivity index (χ1n) is 11.4. The van der Waals surface area contributed by atoms with E-state index in [1.165, 1.54) is 0 Å². The highest BCUT2D eigenvalue weighted by Gasteiger charge is 2.15. The summed E-state index contributed by atoms with van der Waals surface area (Å²) in [5.41, 5.74) is 6.87. The van der Waals surface area contributed by atoms with Crippen molar-refractivity contribution in [3.05, 3.63) is 115 Å². The van der Waals surface area contributed by atoms with Crippen LogP contribution in [0.5, 0.6) is 0 Å². The number of rotatable bonds is 2. The Labute approximate surface area is 196 Å². The molecule has 3 nitrogen and oxygen atoms in total. The molecule has 0 atom stereocenters. The van der Waals surface area contributed by atoms with Gasteiger partial charge in [-0.3, -0.25) is 4.98 Å². The minimum atomic E-state index is 0.879. The maximum atomic E-state index is 5.22. The number of hydrogen-bond acceptors (Lipinski definition) is 3. The summed E-state index contributed by atoms with van der Waals surface area (Å²) in [6.45, 7) is 0. The monoisotopic (exact) mass is 433 g/mol. The smallest absolute Gasteiger partial charge is 0.0986 e. The topological polar surface area (TPSA) is 38.7 Å². The SMILES string of the molecule is c1ccc(-c2ccc3ccc4c5nc(-c6ccccc6)c6ccccc6c5cnc4c3n2)cc1. The molecular formula is C31H19N3. The van der Waals surface area contributed by atoms with E-state index in [1.807, 2.05) is 30.5 Å². The minimum Gasteiger partial charge on any atom is -0.253 e. The van der Waals surface area contributed by atoms with E-state index in [0.717, 1.165) is 66.0 Å². The van der Waals surface area contributed by atoms with Gasteiger partial charge in [0.1, 0.15) is 0 Å². The van der Waals surface area contributed by atoms with Crippen LogP contribution in [0.4, 0.5) is 0 Å². The molecule has 0 aliphatic heterocycles. The van der Waals surface area contributed by atoms with Gasteiger partial charge in [-0.2, -0.15) is 0 Å². The molecule has 0 saturated carbocycles. The number of benzene rings is 4. The maximum absolute atomic E-state index is 5.22. The summed E-state index contributed by atoms with van der Waals surface area (Å²) in [4.78, 5) is 15.2. The molecule has 0 bridgehead atoms. The number of nitrogens with zero attached hydrogens (tertiary/aromatic N) is 3. The fourth-order valence-electron chi connectivity index (χ4n) is 4.83. The summed E-state index contributed by atoms with van der Waals surface area (Å²) in [7, 11) is 0. The van der Waals surface area contributed by atoms with Crippen LogP contribution in [0, 0.1) is 0 Å². The second kappa shape index (κ2) is 7.46. The normalized spacial score (nSPS) is 11.5. The van der Waals surface area contributed by atoms with Crippen molar-refractivity contribution in [1.82, 2.24) is 15.0 Å². The molecule has 3 heterocycles. The van der Waals surface area contributed by atoms with Crippen molar-refractivity contribution in [3.8, 4) is 22.5 Å². The van der Waals surface area contributed by atoms with E-state index in [4.69, 9.17) is 15.0 Å². The van der Waals surface area contributed by atoms with Crippen molar-refractivity contribution in [2.24, 2.45) is 0 Å². The molecule has 0 spiro atoms. The third-order valence-corrected chi connectivity index (χ3v) is 6.48. The molecule has 3 aromatic heterocycles. The first-order chi connectivity index (χ1) is 16.9. The highest BCUT2D eigenvalue weighted by molar-refractivity contribution is 6.20. The van der Waals surface area contributed by atoms with Crippen molar-refractivity contribution in [2.45, 2.75) is 0 Å². The van der Waals surface area contributed by atoms with Crippen LogP contribution in [0.2, 0.25) is 0 Å². The van der Waals surface area contributed by atoms with Crippen molar-refractivity contribution < 1.29 is 0 Å². The standard InChI is InChI=1S/C31H19N3/c1-3-9-20(10-4-1)27-18-16-22-15-17-25-30-26(19-32-31(25)29(22)33-27)23-13-7-8-14-24(23)28(34-30)21-11-5-2-6-12-21/h1-19H. The van der Waals surface area contributed by atoms with Crippen LogP contribution in [0.3, 0.4) is 0 Å². The number of hydrogen-bond donors (Lipinski definition) is 0. The average Bonchev–Trinajstić information content (AvgIpc) is 2.92. The van der Waals surface area contributed by atoms with E-state index in [2.05, 4.69) is 84.9 Å². The first-order valence-corrected chi connectivity index (χ1v) is 11.4. The van der Waals surface area contributed by atoms with Gasteiger partial charge in [0, 0.05) is 38.9 Å². The Morgan fingerprint density at radius 2 is 1.09 bits per heavy atom. The largest absolute Gasteiger partial charge is 0.253 e. The Hall–Kier alpha value is -4.63. The van der Waals surface area contributed by atoms with Gasteiger partial charge in [0.25, 0.3) is 0 Å². The summed E-state index contributed by atoms with van der Waals surface area (Å²) in [6.07, 6.45) is 1.96. The van der Waals surface area contributed by atoms with Gasteiger partial charge < -0.3 is 0 Å². The molecule has 7 aromatic rings. The van der Waals surface area contributed by atoms with E-state index in [0.29, 0.717) is 0 Å². The zero-order valence-corrected chi connectivity index (χ0v) is 18.3. The van der Waals surface area contributed by atoms with Gasteiger partial charge in [-0.05, 0) is 17.5 Å². The summed E-state index contributed by atoms with van der Waals surface area (Å²) in [6, 6.07) is 37.6. The molecule has 0 aliphatic carbocycles. The molecule has 0 amide bonds. The summed E-state index contributed by atoms with van der Waals surface area (Å²) < 4.78 is 0. The Morgan fingerprint density at radius 3 is 1.88 bits per heavy atom. The van der Waals surface area contributed by atoms with E-state index in [1.54, 1.807) is 0 Å². The lowest BCUT2D eigenvalue weighted by atomic mass is 9.99. The van der Waals surface area contributed by atoms with Crippen LogP contribution >= 0.6 is 0 Å². The molecule has 3 heteroatoms. The van der Waals surface area contributed by atoms with Crippen LogP contribution in [-0.2, 0) is 0 Å². The average molecular weight is 434 g/mol. The fourth-order valence-corrected chi connectivity index (χ4v) is 4.83. The van der Waals surface area contributed by atoms with Gasteiger partial charge in [0.05, 0.1) is 27.9 Å². The van der Waals surface area contributed by atoms with Crippen LogP contribution in [-0.4, -0.2) is 15.0 Å². The van der Waals surface area contributed by atoms with Gasteiger partial charge in [-0.25, -0.2) is 9.97 Å². The maximum Gasteiger partial charge on any atom is 0.0986 e. The predicted molar refractivity (Wildman–Crippen MR) is 141 cm³/mol. The van der Waals surface area contributed by atoms with Crippen LogP contribution in [0.1, 0.15) is 0 Å². The van der Waals surface area contributed by atoms with Crippen LogP contribution < -0.4 is 0 Å². The lowest BCUT2D eigenvalue weighted by molar-refractivity contribution is 1.37. The summed E-state index contributed by atoms with van der Waals surface area (Å²) >= 11 is 0. The van der Waals surface area contributed by atoms with Gasteiger partial charge in [0.15, 0.2) is 0 Å². The third kappa shape index (κ3) is 2.87. The second-order valence-corrected chi connectivity index (χ2v) is 8.49. The molecule has 0 radical (unpaired) electrons. The highest BCUT2D eigenvalue weighted by atomic mass is 14.8. The molecule has 158 valence electrons. The van der Waals surface area contributed by atoms with E-state index < -0.39 is 0 Å². The molecule has 7 rings (SSSR count). The number of pyridine rings is 3. The van der Waals surface area contributed by atoms with Crippen molar-refractivity contribution in [2.75, 3.05) is 0 Å². The van der Waals surface area contributed by atoms with Gasteiger partial charge >= 0.3 is 0 Å². The van der Waals surface area contributed by atoms with Crippen LogP contribution in [0.25, 0.3) is 66.0 Å². The molecule has 4 aromatic carbocycles. The molecule has 0 aliphatic rings.